The van der Waals surface area contributed by atoms with Gasteiger partial charge in [0.25, 0.3) is 0 Å². The molecule has 0 radical (unpaired) electrons. The Balaban J connectivity index is 1.20. The maximum Gasteiger partial charge on any atom is 0.318 e. The van der Waals surface area contributed by atoms with Crippen molar-refractivity contribution in [1.29, 1.82) is 0 Å². The number of piperazine rings is 1. The number of amides is 3. The number of para-hydroxylation sites is 2. The Hall–Kier alpha value is -4.30. The van der Waals surface area contributed by atoms with Gasteiger partial charge in [-0.2, -0.15) is 0 Å². The number of benzene rings is 3. The lowest BCUT2D eigenvalue weighted by Crippen LogP contribution is -2.56. The highest BCUT2D eigenvalue weighted by atomic mass is 16.2. The fraction of sp³-hybridized carbons (Fsp3) is 0.312. The van der Waals surface area contributed by atoms with Crippen molar-refractivity contribution in [3.63, 3.8) is 0 Å². The van der Waals surface area contributed by atoms with Gasteiger partial charge in [0.15, 0.2) is 0 Å². The van der Waals surface area contributed by atoms with Crippen LogP contribution in [-0.2, 0) is 17.8 Å². The van der Waals surface area contributed by atoms with Gasteiger partial charge in [0.05, 0.1) is 0 Å². The third-order valence-corrected chi connectivity index (χ3v) is 8.22. The standard InChI is InChI=1S/C32H36N6O2/c1-22(28-21-34-29-10-6-5-9-27(28)29)30(31(39)35-25-12-11-23-13-14-33-20-24(23)19-25)36-32(40)38-17-15-37(16-18-38)26-7-3-2-4-8-26/h2-12,19,21-22,30,33-34H,13-18,20H2,1H3,(H,35,39)(H,36,40). The lowest BCUT2D eigenvalue weighted by Gasteiger charge is -2.37. The summed E-state index contributed by atoms with van der Waals surface area (Å²) in [5.41, 5.74) is 6.42. The van der Waals surface area contributed by atoms with E-state index in [0.717, 1.165) is 60.4 Å². The van der Waals surface area contributed by atoms with Crippen LogP contribution in [0.3, 0.4) is 0 Å². The number of nitrogens with zero attached hydrogens (tertiary/aromatic N) is 2. The van der Waals surface area contributed by atoms with E-state index in [-0.39, 0.29) is 17.9 Å². The monoisotopic (exact) mass is 536 g/mol. The summed E-state index contributed by atoms with van der Waals surface area (Å²) in [5, 5.41) is 10.7. The zero-order valence-electron chi connectivity index (χ0n) is 22.8. The fourth-order valence-corrected chi connectivity index (χ4v) is 5.88. The van der Waals surface area contributed by atoms with Gasteiger partial charge in [-0.25, -0.2) is 4.79 Å². The summed E-state index contributed by atoms with van der Waals surface area (Å²) < 4.78 is 0. The molecule has 6 rings (SSSR count). The van der Waals surface area contributed by atoms with Crippen LogP contribution >= 0.6 is 0 Å². The Labute approximate surface area is 234 Å². The predicted octanol–water partition coefficient (Wildman–Crippen LogP) is 4.46. The van der Waals surface area contributed by atoms with Gasteiger partial charge < -0.3 is 30.7 Å². The minimum absolute atomic E-state index is 0.214. The minimum atomic E-state index is -0.756. The highest BCUT2D eigenvalue weighted by molar-refractivity contribution is 5.98. The van der Waals surface area contributed by atoms with Crippen molar-refractivity contribution >= 4 is 34.2 Å². The summed E-state index contributed by atoms with van der Waals surface area (Å²) in [6.45, 7) is 6.44. The molecule has 1 saturated heterocycles. The average Bonchev–Trinajstić information content (AvgIpc) is 3.44. The largest absolute Gasteiger partial charge is 0.368 e. The normalized spacial score (nSPS) is 16.7. The van der Waals surface area contributed by atoms with Crippen molar-refractivity contribution in [1.82, 2.24) is 20.5 Å². The molecule has 2 aliphatic heterocycles. The van der Waals surface area contributed by atoms with Crippen LogP contribution in [0, 0.1) is 0 Å². The number of aromatic amines is 1. The molecule has 4 N–H and O–H groups in total. The first-order valence-corrected chi connectivity index (χ1v) is 14.1. The number of hydrogen-bond donors (Lipinski definition) is 4. The molecule has 2 unspecified atom stereocenters. The van der Waals surface area contributed by atoms with E-state index in [9.17, 15) is 9.59 Å². The fourth-order valence-electron chi connectivity index (χ4n) is 5.88. The Morgan fingerprint density at radius 2 is 1.68 bits per heavy atom. The van der Waals surface area contributed by atoms with Crippen LogP contribution < -0.4 is 20.9 Å². The molecular formula is C32H36N6O2. The van der Waals surface area contributed by atoms with Gasteiger partial charge in [0.1, 0.15) is 6.04 Å². The molecule has 8 heteroatoms. The lowest BCUT2D eigenvalue weighted by atomic mass is 9.92. The smallest absolute Gasteiger partial charge is 0.318 e. The van der Waals surface area contributed by atoms with Crippen molar-refractivity contribution in [2.75, 3.05) is 42.9 Å². The van der Waals surface area contributed by atoms with Crippen molar-refractivity contribution in [2.24, 2.45) is 0 Å². The molecule has 2 atom stereocenters. The van der Waals surface area contributed by atoms with E-state index in [1.165, 1.54) is 11.1 Å². The molecule has 40 heavy (non-hydrogen) atoms. The van der Waals surface area contributed by atoms with E-state index in [1.54, 1.807) is 0 Å². The van der Waals surface area contributed by atoms with Crippen molar-refractivity contribution < 1.29 is 9.59 Å². The zero-order valence-corrected chi connectivity index (χ0v) is 22.8. The topological polar surface area (TPSA) is 92.5 Å². The first-order chi connectivity index (χ1) is 19.6. The van der Waals surface area contributed by atoms with Crippen LogP contribution in [0.15, 0.2) is 79.0 Å². The van der Waals surface area contributed by atoms with Crippen LogP contribution in [-0.4, -0.2) is 60.6 Å². The maximum atomic E-state index is 13.8. The molecule has 8 nitrogen and oxygen atoms in total. The summed E-state index contributed by atoms with van der Waals surface area (Å²) >= 11 is 0. The molecular weight excluding hydrogens is 500 g/mol. The molecule has 1 fully saturated rings. The van der Waals surface area contributed by atoms with Crippen molar-refractivity contribution in [2.45, 2.75) is 31.8 Å². The summed E-state index contributed by atoms with van der Waals surface area (Å²) in [7, 11) is 0. The van der Waals surface area contributed by atoms with Gasteiger partial charge >= 0.3 is 6.03 Å². The van der Waals surface area contributed by atoms with E-state index in [2.05, 4.69) is 44.0 Å². The SMILES string of the molecule is CC(c1c[nH]c2ccccc12)C(NC(=O)N1CCN(c2ccccc2)CC1)C(=O)Nc1ccc2c(c1)CNCC2. The summed E-state index contributed by atoms with van der Waals surface area (Å²) in [4.78, 5) is 34.8. The molecule has 0 saturated carbocycles. The van der Waals surface area contributed by atoms with E-state index in [1.807, 2.05) is 72.6 Å². The average molecular weight is 537 g/mol. The summed E-state index contributed by atoms with van der Waals surface area (Å²) in [6.07, 6.45) is 2.93. The van der Waals surface area contributed by atoms with Crippen LogP contribution in [0.5, 0.6) is 0 Å². The van der Waals surface area contributed by atoms with Gasteiger partial charge in [-0.15, -0.1) is 0 Å². The van der Waals surface area contributed by atoms with E-state index >= 15 is 0 Å². The number of aromatic nitrogens is 1. The molecule has 0 bridgehead atoms. The second kappa shape index (κ2) is 11.4. The quantitative estimate of drug-likeness (QED) is 0.293. The molecule has 3 heterocycles. The number of carbonyl (C=O) groups is 2. The maximum absolute atomic E-state index is 13.8. The molecule has 4 aromatic rings. The Morgan fingerprint density at radius 1 is 0.900 bits per heavy atom. The zero-order chi connectivity index (χ0) is 27.5. The molecule has 1 aromatic heterocycles. The Bertz CT molecular complexity index is 1490. The summed E-state index contributed by atoms with van der Waals surface area (Å²) in [5.74, 6) is -0.484. The number of urea groups is 1. The highest BCUT2D eigenvalue weighted by Gasteiger charge is 2.32. The molecule has 0 aliphatic carbocycles. The highest BCUT2D eigenvalue weighted by Crippen LogP contribution is 2.29. The van der Waals surface area contributed by atoms with Crippen molar-refractivity contribution in [3.8, 4) is 0 Å². The van der Waals surface area contributed by atoms with Gasteiger partial charge in [-0.1, -0.05) is 49.4 Å². The van der Waals surface area contributed by atoms with E-state index in [0.29, 0.717) is 13.1 Å². The summed E-state index contributed by atoms with van der Waals surface area (Å²) in [6, 6.07) is 23.4. The number of fused-ring (bicyclic) bond motifs is 2. The number of hydrogen-bond acceptors (Lipinski definition) is 4. The van der Waals surface area contributed by atoms with Crippen LogP contribution in [0.1, 0.15) is 29.5 Å². The second-order valence-corrected chi connectivity index (χ2v) is 10.7. The third-order valence-electron chi connectivity index (χ3n) is 8.22. The number of nitrogens with one attached hydrogen (secondary N) is 4. The number of rotatable bonds is 6. The first-order valence-electron chi connectivity index (χ1n) is 14.1. The van der Waals surface area contributed by atoms with E-state index in [4.69, 9.17) is 0 Å². The van der Waals surface area contributed by atoms with E-state index < -0.39 is 6.04 Å². The molecule has 3 aromatic carbocycles. The predicted molar refractivity (Wildman–Crippen MR) is 160 cm³/mol. The Morgan fingerprint density at radius 3 is 2.50 bits per heavy atom. The van der Waals surface area contributed by atoms with Crippen LogP contribution in [0.4, 0.5) is 16.2 Å². The van der Waals surface area contributed by atoms with Gasteiger partial charge in [0, 0.05) is 67.1 Å². The molecule has 2 aliphatic rings. The van der Waals surface area contributed by atoms with Gasteiger partial charge in [0.2, 0.25) is 5.91 Å². The molecule has 3 amide bonds. The second-order valence-electron chi connectivity index (χ2n) is 10.7. The number of carbonyl (C=O) groups excluding carboxylic acids is 2. The minimum Gasteiger partial charge on any atom is -0.368 e. The molecule has 0 spiro atoms. The van der Waals surface area contributed by atoms with Crippen LogP contribution in [0.2, 0.25) is 0 Å². The Kier molecular flexibility index (Phi) is 7.42. The molecule has 206 valence electrons. The van der Waals surface area contributed by atoms with Gasteiger partial charge in [-0.05, 0) is 60.0 Å². The van der Waals surface area contributed by atoms with Gasteiger partial charge in [-0.3, -0.25) is 4.79 Å². The third kappa shape index (κ3) is 5.40. The van der Waals surface area contributed by atoms with Crippen molar-refractivity contribution in [3.05, 3.63) is 95.7 Å². The number of anilines is 2. The van der Waals surface area contributed by atoms with Crippen LogP contribution in [0.25, 0.3) is 10.9 Å². The number of H-pyrrole nitrogens is 1. The lowest BCUT2D eigenvalue weighted by molar-refractivity contribution is -0.118. The first kappa shape index (κ1) is 26.0.